The molecule has 0 aliphatic rings. The molecule has 0 atom stereocenters. The first-order valence-electron chi connectivity index (χ1n) is 3.60. The molecule has 2 N–H and O–H groups in total. The summed E-state index contributed by atoms with van der Waals surface area (Å²) in [5.41, 5.74) is 6.06. The van der Waals surface area contributed by atoms with Crippen LogP contribution in [0.2, 0.25) is 0 Å². The molecule has 1 aromatic heterocycles. The van der Waals surface area contributed by atoms with E-state index in [1.807, 2.05) is 0 Å². The third-order valence-corrected chi connectivity index (χ3v) is 1.26. The summed E-state index contributed by atoms with van der Waals surface area (Å²) >= 11 is 0. The first-order valence-corrected chi connectivity index (χ1v) is 3.60. The van der Waals surface area contributed by atoms with Crippen molar-refractivity contribution in [1.29, 1.82) is 0 Å². The van der Waals surface area contributed by atoms with Crippen molar-refractivity contribution in [3.63, 3.8) is 0 Å². The zero-order valence-electron chi connectivity index (χ0n) is 6.66. The highest BCUT2D eigenvalue weighted by molar-refractivity contribution is 5.35. The van der Waals surface area contributed by atoms with Crippen LogP contribution in [0, 0.1) is 12.3 Å². The molecule has 1 aromatic rings. The molecule has 0 fully saturated rings. The van der Waals surface area contributed by atoms with Crippen LogP contribution >= 0.6 is 0 Å². The minimum absolute atomic E-state index is 0.493. The summed E-state index contributed by atoms with van der Waals surface area (Å²) in [7, 11) is 0. The largest absolute Gasteiger partial charge is 0.477 e. The van der Waals surface area contributed by atoms with Gasteiger partial charge in [-0.1, -0.05) is 0 Å². The summed E-state index contributed by atoms with van der Waals surface area (Å²) in [6.45, 7) is 0.493. The van der Waals surface area contributed by atoms with Gasteiger partial charge >= 0.3 is 0 Å². The van der Waals surface area contributed by atoms with Crippen LogP contribution < -0.4 is 10.5 Å². The van der Waals surface area contributed by atoms with Gasteiger partial charge in [-0.05, 0) is 6.07 Å². The van der Waals surface area contributed by atoms with E-state index in [1.54, 1.807) is 18.3 Å². The molecule has 0 saturated carbocycles. The van der Waals surface area contributed by atoms with Crippen LogP contribution in [0.1, 0.15) is 6.42 Å². The Hall–Kier alpha value is -1.69. The van der Waals surface area contributed by atoms with Crippen LogP contribution in [0.25, 0.3) is 0 Å². The zero-order chi connectivity index (χ0) is 8.81. The van der Waals surface area contributed by atoms with Crippen molar-refractivity contribution >= 4 is 5.69 Å². The second kappa shape index (κ2) is 4.24. The number of aromatic nitrogens is 1. The fourth-order valence-corrected chi connectivity index (χ4v) is 0.692. The Balaban J connectivity index is 2.43. The highest BCUT2D eigenvalue weighted by Crippen LogP contribution is 2.07. The number of hydrogen-bond donors (Lipinski definition) is 1. The standard InChI is InChI=1S/C9H10N2O/c1-2-3-6-12-9-5-4-8(10)7-11-9/h1,4-5,7H,3,6,10H2. The lowest BCUT2D eigenvalue weighted by atomic mass is 10.4. The van der Waals surface area contributed by atoms with Crippen molar-refractivity contribution in [2.75, 3.05) is 12.3 Å². The highest BCUT2D eigenvalue weighted by atomic mass is 16.5. The molecule has 1 heterocycles. The average Bonchev–Trinajstić information content (AvgIpc) is 2.09. The molecule has 3 nitrogen and oxygen atoms in total. The molecule has 1 rings (SSSR count). The van der Waals surface area contributed by atoms with Gasteiger partial charge < -0.3 is 10.5 Å². The monoisotopic (exact) mass is 162 g/mol. The summed E-state index contributed by atoms with van der Waals surface area (Å²) in [5.74, 6) is 3.03. The lowest BCUT2D eigenvalue weighted by Gasteiger charge is -2.01. The predicted octanol–water partition coefficient (Wildman–Crippen LogP) is 1.07. The minimum Gasteiger partial charge on any atom is -0.477 e. The molecule has 12 heavy (non-hydrogen) atoms. The number of hydrogen-bond acceptors (Lipinski definition) is 3. The van der Waals surface area contributed by atoms with Gasteiger partial charge in [-0.15, -0.1) is 12.3 Å². The molecule has 0 aliphatic heterocycles. The number of nitrogens with zero attached hydrogens (tertiary/aromatic N) is 1. The van der Waals surface area contributed by atoms with Gasteiger partial charge in [-0.25, -0.2) is 4.98 Å². The Kier molecular flexibility index (Phi) is 2.97. The minimum atomic E-state index is 0.493. The maximum Gasteiger partial charge on any atom is 0.213 e. The summed E-state index contributed by atoms with van der Waals surface area (Å²) < 4.78 is 5.19. The number of pyridine rings is 1. The molecule has 0 radical (unpaired) electrons. The molecule has 3 heteroatoms. The number of ether oxygens (including phenoxy) is 1. The summed E-state index contributed by atoms with van der Waals surface area (Å²) in [4.78, 5) is 3.93. The maximum atomic E-state index is 5.43. The van der Waals surface area contributed by atoms with Gasteiger partial charge in [0.1, 0.15) is 6.61 Å². The van der Waals surface area contributed by atoms with E-state index in [1.165, 1.54) is 0 Å². The number of anilines is 1. The van der Waals surface area contributed by atoms with E-state index in [0.29, 0.717) is 24.6 Å². The van der Waals surface area contributed by atoms with E-state index >= 15 is 0 Å². The lowest BCUT2D eigenvalue weighted by Crippen LogP contribution is -1.97. The number of nitrogen functional groups attached to an aromatic ring is 1. The number of nitrogens with two attached hydrogens (primary N) is 1. The van der Waals surface area contributed by atoms with E-state index in [9.17, 15) is 0 Å². The predicted molar refractivity (Wildman–Crippen MR) is 47.6 cm³/mol. The second-order valence-electron chi connectivity index (χ2n) is 2.23. The topological polar surface area (TPSA) is 48.1 Å². The van der Waals surface area contributed by atoms with Crippen LogP contribution in [0.4, 0.5) is 5.69 Å². The smallest absolute Gasteiger partial charge is 0.213 e. The van der Waals surface area contributed by atoms with Crippen molar-refractivity contribution in [2.45, 2.75) is 6.42 Å². The fourth-order valence-electron chi connectivity index (χ4n) is 0.692. The van der Waals surface area contributed by atoms with Gasteiger partial charge in [0.05, 0.1) is 11.9 Å². The van der Waals surface area contributed by atoms with Crippen molar-refractivity contribution in [2.24, 2.45) is 0 Å². The third kappa shape index (κ3) is 2.51. The Labute approximate surface area is 71.6 Å². The molecule has 0 aliphatic carbocycles. The molecule has 0 amide bonds. The lowest BCUT2D eigenvalue weighted by molar-refractivity contribution is 0.314. The molecule has 0 aromatic carbocycles. The molecule has 0 spiro atoms. The quantitative estimate of drug-likeness (QED) is 0.534. The highest BCUT2D eigenvalue weighted by Gasteiger charge is 1.92. The molecular formula is C9H10N2O. The van der Waals surface area contributed by atoms with Crippen molar-refractivity contribution in [3.05, 3.63) is 18.3 Å². The van der Waals surface area contributed by atoms with Crippen molar-refractivity contribution < 1.29 is 4.74 Å². The van der Waals surface area contributed by atoms with E-state index in [-0.39, 0.29) is 0 Å². The molecular weight excluding hydrogens is 152 g/mol. The first kappa shape index (κ1) is 8.41. The Morgan fingerprint density at radius 2 is 2.42 bits per heavy atom. The average molecular weight is 162 g/mol. The van der Waals surface area contributed by atoms with Gasteiger partial charge in [0.15, 0.2) is 0 Å². The Morgan fingerprint density at radius 3 is 3.00 bits per heavy atom. The van der Waals surface area contributed by atoms with Crippen LogP contribution in [0.3, 0.4) is 0 Å². The first-order chi connectivity index (χ1) is 5.83. The Bertz CT molecular complexity index is 274. The summed E-state index contributed by atoms with van der Waals surface area (Å²) in [6.07, 6.45) is 7.18. The third-order valence-electron chi connectivity index (χ3n) is 1.26. The number of terminal acetylenes is 1. The maximum absolute atomic E-state index is 5.43. The normalized spacial score (nSPS) is 8.92. The SMILES string of the molecule is C#CCCOc1ccc(N)cn1. The summed E-state index contributed by atoms with van der Waals surface area (Å²) in [5, 5.41) is 0. The number of rotatable bonds is 3. The van der Waals surface area contributed by atoms with Crippen LogP contribution in [-0.4, -0.2) is 11.6 Å². The Morgan fingerprint density at radius 1 is 1.58 bits per heavy atom. The molecule has 62 valence electrons. The van der Waals surface area contributed by atoms with E-state index < -0.39 is 0 Å². The van der Waals surface area contributed by atoms with Crippen LogP contribution in [0.15, 0.2) is 18.3 Å². The van der Waals surface area contributed by atoms with Gasteiger partial charge in [0, 0.05) is 12.5 Å². The van der Waals surface area contributed by atoms with Crippen molar-refractivity contribution in [3.8, 4) is 18.2 Å². The van der Waals surface area contributed by atoms with Crippen LogP contribution in [0.5, 0.6) is 5.88 Å². The fraction of sp³-hybridized carbons (Fsp3) is 0.222. The van der Waals surface area contributed by atoms with E-state index in [0.717, 1.165) is 0 Å². The summed E-state index contributed by atoms with van der Waals surface area (Å²) in [6, 6.07) is 3.45. The van der Waals surface area contributed by atoms with Gasteiger partial charge in [0.25, 0.3) is 0 Å². The van der Waals surface area contributed by atoms with Crippen molar-refractivity contribution in [1.82, 2.24) is 4.98 Å². The molecule has 0 saturated heterocycles. The van der Waals surface area contributed by atoms with Crippen LogP contribution in [-0.2, 0) is 0 Å². The van der Waals surface area contributed by atoms with E-state index in [4.69, 9.17) is 16.9 Å². The van der Waals surface area contributed by atoms with E-state index in [2.05, 4.69) is 10.9 Å². The van der Waals surface area contributed by atoms with Gasteiger partial charge in [-0.2, -0.15) is 0 Å². The second-order valence-corrected chi connectivity index (χ2v) is 2.23. The molecule has 0 bridgehead atoms. The van der Waals surface area contributed by atoms with Gasteiger partial charge in [-0.3, -0.25) is 0 Å². The van der Waals surface area contributed by atoms with Gasteiger partial charge in [0.2, 0.25) is 5.88 Å². The molecule has 0 unspecified atom stereocenters. The zero-order valence-corrected chi connectivity index (χ0v) is 6.66.